The highest BCUT2D eigenvalue weighted by Crippen LogP contribution is 2.26. The molecule has 3 heteroatoms. The molecule has 0 heterocycles. The molecule has 2 aromatic rings. The Morgan fingerprint density at radius 1 is 1.00 bits per heavy atom. The van der Waals surface area contributed by atoms with Crippen molar-refractivity contribution in [3.63, 3.8) is 0 Å². The maximum Gasteiger partial charge on any atom is 0.160 e. The first kappa shape index (κ1) is 12.4. The zero-order valence-electron chi connectivity index (χ0n) is 10.2. The lowest BCUT2D eigenvalue weighted by molar-refractivity contribution is 0.373. The predicted molar refractivity (Wildman–Crippen MR) is 68.5 cm³/mol. The molecular formula is C15H15FO2. The topological polar surface area (TPSA) is 29.5 Å². The monoisotopic (exact) mass is 246 g/mol. The number of methoxy groups -OCH3 is 1. The molecule has 2 rings (SSSR count). The molecule has 0 saturated heterocycles. The highest BCUT2D eigenvalue weighted by atomic mass is 19.1. The molecule has 0 atom stereocenters. The average Bonchev–Trinajstić information content (AvgIpc) is 2.38. The van der Waals surface area contributed by atoms with Gasteiger partial charge >= 0.3 is 0 Å². The van der Waals surface area contributed by atoms with Crippen LogP contribution in [0.3, 0.4) is 0 Å². The van der Waals surface area contributed by atoms with Crippen molar-refractivity contribution in [2.75, 3.05) is 7.11 Å². The lowest BCUT2D eigenvalue weighted by Crippen LogP contribution is -1.92. The predicted octanol–water partition coefficient (Wildman–Crippen LogP) is 3.33. The third-order valence-corrected chi connectivity index (χ3v) is 2.86. The number of rotatable bonds is 4. The van der Waals surface area contributed by atoms with Gasteiger partial charge in [-0.1, -0.05) is 18.2 Å². The third-order valence-electron chi connectivity index (χ3n) is 2.86. The van der Waals surface area contributed by atoms with Gasteiger partial charge in [0.05, 0.1) is 7.11 Å². The van der Waals surface area contributed by atoms with E-state index in [1.807, 2.05) is 6.07 Å². The summed E-state index contributed by atoms with van der Waals surface area (Å²) in [6.45, 7) is 0. The lowest BCUT2D eigenvalue weighted by atomic mass is 10.0. The molecule has 2 nitrogen and oxygen atoms in total. The van der Waals surface area contributed by atoms with Crippen LogP contribution in [-0.2, 0) is 12.8 Å². The van der Waals surface area contributed by atoms with Gasteiger partial charge in [0.25, 0.3) is 0 Å². The van der Waals surface area contributed by atoms with Crippen LogP contribution in [0.2, 0.25) is 0 Å². The Morgan fingerprint density at radius 2 is 1.61 bits per heavy atom. The number of phenolic OH excluding ortho intramolecular Hbond substituents is 1. The second-order valence-corrected chi connectivity index (χ2v) is 4.13. The van der Waals surface area contributed by atoms with Gasteiger partial charge in [0.15, 0.2) is 11.5 Å². The van der Waals surface area contributed by atoms with Crippen LogP contribution in [0.4, 0.5) is 4.39 Å². The summed E-state index contributed by atoms with van der Waals surface area (Å²) in [7, 11) is 1.52. The summed E-state index contributed by atoms with van der Waals surface area (Å²) in [5, 5.41) is 9.65. The van der Waals surface area contributed by atoms with Crippen LogP contribution >= 0.6 is 0 Å². The van der Waals surface area contributed by atoms with Crippen LogP contribution in [0, 0.1) is 5.82 Å². The number of benzene rings is 2. The van der Waals surface area contributed by atoms with Crippen molar-refractivity contribution >= 4 is 0 Å². The van der Waals surface area contributed by atoms with Crippen molar-refractivity contribution in [3.8, 4) is 11.5 Å². The van der Waals surface area contributed by atoms with Crippen LogP contribution in [0.25, 0.3) is 0 Å². The molecule has 0 spiro atoms. The van der Waals surface area contributed by atoms with Crippen molar-refractivity contribution in [2.45, 2.75) is 12.8 Å². The molecule has 0 aliphatic heterocycles. The number of aromatic hydroxyl groups is 1. The first-order chi connectivity index (χ1) is 8.69. The third kappa shape index (κ3) is 3.00. The van der Waals surface area contributed by atoms with Gasteiger partial charge in [-0.2, -0.15) is 0 Å². The number of aryl methyl sites for hydroxylation is 2. The molecule has 0 aliphatic rings. The van der Waals surface area contributed by atoms with Gasteiger partial charge in [0.2, 0.25) is 0 Å². The van der Waals surface area contributed by atoms with E-state index in [-0.39, 0.29) is 11.6 Å². The average molecular weight is 246 g/mol. The van der Waals surface area contributed by atoms with E-state index < -0.39 is 0 Å². The first-order valence-corrected chi connectivity index (χ1v) is 5.79. The molecule has 0 saturated carbocycles. The molecular weight excluding hydrogens is 231 g/mol. The smallest absolute Gasteiger partial charge is 0.160 e. The van der Waals surface area contributed by atoms with E-state index >= 15 is 0 Å². The summed E-state index contributed by atoms with van der Waals surface area (Å²) in [6.07, 6.45) is 1.61. The fourth-order valence-electron chi connectivity index (χ4n) is 1.83. The van der Waals surface area contributed by atoms with Gasteiger partial charge in [-0.3, -0.25) is 0 Å². The van der Waals surface area contributed by atoms with E-state index in [1.165, 1.54) is 19.2 Å². The Balaban J connectivity index is 2.02. The number of halogens is 1. The summed E-state index contributed by atoms with van der Waals surface area (Å²) in [6, 6.07) is 11.8. The Labute approximate surface area is 106 Å². The number of phenols is 1. The standard InChI is InChI=1S/C15H15FO2/c1-18-15-9-6-12(10-14(15)17)3-2-11-4-7-13(16)8-5-11/h4-10,17H,2-3H2,1H3. The summed E-state index contributed by atoms with van der Waals surface area (Å²) in [4.78, 5) is 0. The van der Waals surface area contributed by atoms with Gasteiger partial charge in [0, 0.05) is 0 Å². The van der Waals surface area contributed by atoms with Crippen molar-refractivity contribution in [2.24, 2.45) is 0 Å². The Hall–Kier alpha value is -2.03. The molecule has 2 aromatic carbocycles. The highest BCUT2D eigenvalue weighted by molar-refractivity contribution is 5.41. The second-order valence-electron chi connectivity index (χ2n) is 4.13. The minimum absolute atomic E-state index is 0.147. The van der Waals surface area contributed by atoms with E-state index in [4.69, 9.17) is 4.74 Å². The molecule has 0 aliphatic carbocycles. The Morgan fingerprint density at radius 3 is 2.22 bits per heavy atom. The minimum Gasteiger partial charge on any atom is -0.504 e. The van der Waals surface area contributed by atoms with E-state index in [0.29, 0.717) is 5.75 Å². The van der Waals surface area contributed by atoms with Crippen LogP contribution in [0.1, 0.15) is 11.1 Å². The largest absolute Gasteiger partial charge is 0.504 e. The highest BCUT2D eigenvalue weighted by Gasteiger charge is 2.03. The van der Waals surface area contributed by atoms with E-state index in [0.717, 1.165) is 24.0 Å². The second kappa shape index (κ2) is 5.54. The maximum absolute atomic E-state index is 12.7. The van der Waals surface area contributed by atoms with Crippen LogP contribution in [0.5, 0.6) is 11.5 Å². The molecule has 0 amide bonds. The zero-order chi connectivity index (χ0) is 13.0. The van der Waals surface area contributed by atoms with E-state index in [1.54, 1.807) is 24.3 Å². The van der Waals surface area contributed by atoms with Gasteiger partial charge in [-0.15, -0.1) is 0 Å². The van der Waals surface area contributed by atoms with Gasteiger partial charge < -0.3 is 9.84 Å². The zero-order valence-corrected chi connectivity index (χ0v) is 10.2. The number of hydrogen-bond donors (Lipinski definition) is 1. The number of hydrogen-bond acceptors (Lipinski definition) is 2. The fraction of sp³-hybridized carbons (Fsp3) is 0.200. The molecule has 0 fully saturated rings. The van der Waals surface area contributed by atoms with Gasteiger partial charge in [-0.05, 0) is 48.2 Å². The maximum atomic E-state index is 12.7. The molecule has 0 aromatic heterocycles. The van der Waals surface area contributed by atoms with Crippen molar-refractivity contribution < 1.29 is 14.2 Å². The summed E-state index contributed by atoms with van der Waals surface area (Å²) in [5.41, 5.74) is 2.10. The minimum atomic E-state index is -0.221. The molecule has 0 bridgehead atoms. The van der Waals surface area contributed by atoms with Crippen LogP contribution < -0.4 is 4.74 Å². The molecule has 0 radical (unpaired) electrons. The summed E-state index contributed by atoms with van der Waals surface area (Å²) in [5.74, 6) is 0.399. The fourth-order valence-corrected chi connectivity index (χ4v) is 1.83. The first-order valence-electron chi connectivity index (χ1n) is 5.79. The van der Waals surface area contributed by atoms with Crippen LogP contribution in [-0.4, -0.2) is 12.2 Å². The SMILES string of the molecule is COc1ccc(CCc2ccc(F)cc2)cc1O. The quantitative estimate of drug-likeness (QED) is 0.896. The van der Waals surface area contributed by atoms with E-state index in [9.17, 15) is 9.50 Å². The molecule has 0 unspecified atom stereocenters. The Bertz CT molecular complexity index is 521. The van der Waals surface area contributed by atoms with Gasteiger partial charge in [-0.25, -0.2) is 4.39 Å². The van der Waals surface area contributed by atoms with Crippen LogP contribution in [0.15, 0.2) is 42.5 Å². The summed E-state index contributed by atoms with van der Waals surface area (Å²) >= 11 is 0. The molecule has 94 valence electrons. The normalized spacial score (nSPS) is 10.3. The lowest BCUT2D eigenvalue weighted by Gasteiger charge is -2.06. The summed E-state index contributed by atoms with van der Waals surface area (Å²) < 4.78 is 17.7. The van der Waals surface area contributed by atoms with Crippen molar-refractivity contribution in [1.29, 1.82) is 0 Å². The molecule has 18 heavy (non-hydrogen) atoms. The van der Waals surface area contributed by atoms with Gasteiger partial charge in [0.1, 0.15) is 5.82 Å². The van der Waals surface area contributed by atoms with Crippen molar-refractivity contribution in [1.82, 2.24) is 0 Å². The van der Waals surface area contributed by atoms with Crippen molar-refractivity contribution in [3.05, 3.63) is 59.4 Å². The van der Waals surface area contributed by atoms with E-state index in [2.05, 4.69) is 0 Å². The Kier molecular flexibility index (Phi) is 3.82. The molecule has 1 N–H and O–H groups in total. The number of ether oxygens (including phenoxy) is 1.